The van der Waals surface area contributed by atoms with Crippen molar-refractivity contribution in [1.29, 1.82) is 0 Å². The zero-order valence-corrected chi connectivity index (χ0v) is 13.3. The molecule has 112 valence electrons. The minimum absolute atomic E-state index is 0.00557. The molecule has 1 aromatic carbocycles. The van der Waals surface area contributed by atoms with Crippen molar-refractivity contribution in [3.05, 3.63) is 28.2 Å². The van der Waals surface area contributed by atoms with Crippen LogP contribution in [0.1, 0.15) is 30.9 Å². The summed E-state index contributed by atoms with van der Waals surface area (Å²) in [6.07, 6.45) is 3.26. The van der Waals surface area contributed by atoms with Crippen LogP contribution in [-0.4, -0.2) is 36.3 Å². The summed E-state index contributed by atoms with van der Waals surface area (Å²) >= 11 is 3.39. The van der Waals surface area contributed by atoms with Gasteiger partial charge in [-0.25, -0.2) is 0 Å². The Balaban J connectivity index is 1.80. The van der Waals surface area contributed by atoms with E-state index in [1.54, 1.807) is 0 Å². The van der Waals surface area contributed by atoms with E-state index in [9.17, 15) is 9.59 Å². The van der Waals surface area contributed by atoms with Gasteiger partial charge in [0.15, 0.2) is 0 Å². The molecule has 2 N–H and O–H groups in total. The number of piperidine rings is 1. The molecular formula is C15H18BrN3O2. The highest BCUT2D eigenvalue weighted by Gasteiger charge is 2.36. The number of rotatable bonds is 2. The summed E-state index contributed by atoms with van der Waals surface area (Å²) in [5.74, 6) is -0.195. The van der Waals surface area contributed by atoms with Crippen molar-refractivity contribution in [2.45, 2.75) is 25.3 Å². The third kappa shape index (κ3) is 2.70. The molecule has 21 heavy (non-hydrogen) atoms. The number of benzene rings is 1. The summed E-state index contributed by atoms with van der Waals surface area (Å²) < 4.78 is 0.883. The van der Waals surface area contributed by atoms with Crippen molar-refractivity contribution in [3.63, 3.8) is 0 Å². The van der Waals surface area contributed by atoms with Crippen LogP contribution >= 0.6 is 15.9 Å². The number of hydrogen-bond acceptors (Lipinski definition) is 3. The van der Waals surface area contributed by atoms with Gasteiger partial charge in [0.2, 0.25) is 11.8 Å². The Morgan fingerprint density at radius 2 is 2.00 bits per heavy atom. The van der Waals surface area contributed by atoms with Crippen molar-refractivity contribution in [2.75, 3.05) is 24.5 Å². The van der Waals surface area contributed by atoms with Gasteiger partial charge in [-0.15, -0.1) is 0 Å². The number of hydrogen-bond donors (Lipinski definition) is 1. The summed E-state index contributed by atoms with van der Waals surface area (Å²) in [7, 11) is 0. The van der Waals surface area contributed by atoms with E-state index in [1.807, 2.05) is 23.1 Å². The highest BCUT2D eigenvalue weighted by atomic mass is 79.9. The number of amides is 2. The first-order chi connectivity index (χ1) is 10.1. The van der Waals surface area contributed by atoms with E-state index in [2.05, 4.69) is 15.9 Å². The van der Waals surface area contributed by atoms with Crippen molar-refractivity contribution in [3.8, 4) is 0 Å². The van der Waals surface area contributed by atoms with E-state index in [0.717, 1.165) is 41.7 Å². The molecule has 0 radical (unpaired) electrons. The number of fused-ring (bicyclic) bond motifs is 1. The Hall–Kier alpha value is -1.40. The lowest BCUT2D eigenvalue weighted by Gasteiger charge is -2.28. The van der Waals surface area contributed by atoms with Crippen LogP contribution < -0.4 is 10.6 Å². The summed E-state index contributed by atoms with van der Waals surface area (Å²) in [5.41, 5.74) is 7.50. The Morgan fingerprint density at radius 1 is 1.29 bits per heavy atom. The molecule has 0 saturated carbocycles. The van der Waals surface area contributed by atoms with Gasteiger partial charge in [-0.2, -0.15) is 0 Å². The van der Waals surface area contributed by atoms with Crippen molar-refractivity contribution >= 4 is 33.4 Å². The molecule has 2 aliphatic rings. The van der Waals surface area contributed by atoms with Gasteiger partial charge in [0.1, 0.15) is 12.6 Å². The number of anilines is 1. The molecule has 5 nitrogen and oxygen atoms in total. The van der Waals surface area contributed by atoms with Crippen molar-refractivity contribution < 1.29 is 9.59 Å². The molecule has 0 spiro atoms. The Kier molecular flexibility index (Phi) is 3.99. The molecule has 2 aliphatic heterocycles. The van der Waals surface area contributed by atoms with E-state index < -0.39 is 6.04 Å². The number of carbonyl (C=O) groups excluding carboxylic acids is 2. The fourth-order valence-electron chi connectivity index (χ4n) is 2.98. The first-order valence-corrected chi connectivity index (χ1v) is 8.01. The lowest BCUT2D eigenvalue weighted by molar-refractivity contribution is -0.132. The van der Waals surface area contributed by atoms with Crippen molar-refractivity contribution in [2.24, 2.45) is 5.73 Å². The smallest absolute Gasteiger partial charge is 0.249 e. The van der Waals surface area contributed by atoms with E-state index in [1.165, 1.54) is 11.3 Å². The minimum atomic E-state index is -0.674. The SMILES string of the molecule is NC1C(=O)N(CC(=O)N2CCCCC2)c2ccc(Br)cc21. The Labute approximate surface area is 132 Å². The predicted octanol–water partition coefficient (Wildman–Crippen LogP) is 1.81. The maximum atomic E-state index is 12.4. The van der Waals surface area contributed by atoms with Crippen LogP contribution in [0.15, 0.2) is 22.7 Å². The summed E-state index contributed by atoms with van der Waals surface area (Å²) in [6, 6.07) is 4.88. The van der Waals surface area contributed by atoms with Crippen LogP contribution in [0.25, 0.3) is 0 Å². The van der Waals surface area contributed by atoms with E-state index in [0.29, 0.717) is 0 Å². The van der Waals surface area contributed by atoms with Crippen LogP contribution in [0.2, 0.25) is 0 Å². The van der Waals surface area contributed by atoms with E-state index >= 15 is 0 Å². The van der Waals surface area contributed by atoms with Crippen LogP contribution in [0, 0.1) is 0 Å². The molecule has 1 saturated heterocycles. The van der Waals surface area contributed by atoms with Gasteiger partial charge >= 0.3 is 0 Å². The fourth-order valence-corrected chi connectivity index (χ4v) is 3.36. The zero-order chi connectivity index (χ0) is 15.0. The second-order valence-electron chi connectivity index (χ2n) is 5.55. The van der Waals surface area contributed by atoms with Gasteiger partial charge in [0, 0.05) is 28.8 Å². The molecule has 1 atom stereocenters. The molecule has 0 bridgehead atoms. The molecule has 2 heterocycles. The van der Waals surface area contributed by atoms with Crippen LogP contribution in [-0.2, 0) is 9.59 Å². The molecule has 0 aromatic heterocycles. The first kappa shape index (κ1) is 14.5. The lowest BCUT2D eigenvalue weighted by atomic mass is 10.1. The largest absolute Gasteiger partial charge is 0.341 e. The Bertz CT molecular complexity index is 584. The standard InChI is InChI=1S/C15H18BrN3O2/c16-10-4-5-12-11(8-10)14(17)15(21)19(12)9-13(20)18-6-2-1-3-7-18/h4-5,8,14H,1-3,6-7,9,17H2. The van der Waals surface area contributed by atoms with Gasteiger partial charge in [0.25, 0.3) is 0 Å². The van der Waals surface area contributed by atoms with Crippen LogP contribution in [0.5, 0.6) is 0 Å². The van der Waals surface area contributed by atoms with Gasteiger partial charge < -0.3 is 15.5 Å². The van der Waals surface area contributed by atoms with Gasteiger partial charge in [-0.1, -0.05) is 15.9 Å². The van der Waals surface area contributed by atoms with Gasteiger partial charge in [-0.3, -0.25) is 9.59 Å². The number of nitrogens with two attached hydrogens (primary N) is 1. The molecule has 1 fully saturated rings. The number of nitrogens with zero attached hydrogens (tertiary/aromatic N) is 2. The number of likely N-dealkylation sites (tertiary alicyclic amines) is 1. The molecular weight excluding hydrogens is 334 g/mol. The molecule has 6 heteroatoms. The molecule has 0 aliphatic carbocycles. The fraction of sp³-hybridized carbons (Fsp3) is 0.467. The lowest BCUT2D eigenvalue weighted by Crippen LogP contribution is -2.44. The predicted molar refractivity (Wildman–Crippen MR) is 83.9 cm³/mol. The maximum absolute atomic E-state index is 12.4. The van der Waals surface area contributed by atoms with Crippen molar-refractivity contribution in [1.82, 2.24) is 4.90 Å². The Morgan fingerprint density at radius 3 is 2.71 bits per heavy atom. The highest BCUT2D eigenvalue weighted by molar-refractivity contribution is 9.10. The normalized spacial score (nSPS) is 21.6. The third-order valence-electron chi connectivity index (χ3n) is 4.15. The number of halogens is 1. The zero-order valence-electron chi connectivity index (χ0n) is 11.7. The molecule has 1 unspecified atom stereocenters. The average Bonchev–Trinajstić information content (AvgIpc) is 2.73. The van der Waals surface area contributed by atoms with E-state index in [4.69, 9.17) is 5.73 Å². The van der Waals surface area contributed by atoms with Gasteiger partial charge in [-0.05, 0) is 37.5 Å². The monoisotopic (exact) mass is 351 g/mol. The van der Waals surface area contributed by atoms with Gasteiger partial charge in [0.05, 0.1) is 0 Å². The average molecular weight is 352 g/mol. The summed E-state index contributed by atoms with van der Waals surface area (Å²) in [4.78, 5) is 28.0. The quantitative estimate of drug-likeness (QED) is 0.883. The third-order valence-corrected chi connectivity index (χ3v) is 4.64. The molecule has 2 amide bonds. The topological polar surface area (TPSA) is 66.6 Å². The highest BCUT2D eigenvalue weighted by Crippen LogP contribution is 2.36. The molecule has 3 rings (SSSR count). The second-order valence-corrected chi connectivity index (χ2v) is 6.46. The summed E-state index contributed by atoms with van der Waals surface area (Å²) in [5, 5.41) is 0. The number of carbonyl (C=O) groups is 2. The summed E-state index contributed by atoms with van der Waals surface area (Å²) in [6.45, 7) is 1.67. The minimum Gasteiger partial charge on any atom is -0.341 e. The second kappa shape index (κ2) is 5.77. The first-order valence-electron chi connectivity index (χ1n) is 7.22. The maximum Gasteiger partial charge on any atom is 0.249 e. The van der Waals surface area contributed by atoms with E-state index in [-0.39, 0.29) is 18.4 Å². The van der Waals surface area contributed by atoms with Crippen LogP contribution in [0.4, 0.5) is 5.69 Å². The van der Waals surface area contributed by atoms with Crippen LogP contribution in [0.3, 0.4) is 0 Å². The molecule has 1 aromatic rings.